The largest absolute Gasteiger partial charge is 0.355 e. The fourth-order valence-electron chi connectivity index (χ4n) is 1.49. The summed E-state index contributed by atoms with van der Waals surface area (Å²) in [6, 6.07) is 0.278. The first kappa shape index (κ1) is 9.48. The molecule has 1 fully saturated rings. The molecule has 3 N–H and O–H groups in total. The van der Waals surface area contributed by atoms with Crippen molar-refractivity contribution in [3.63, 3.8) is 0 Å². The van der Waals surface area contributed by atoms with E-state index in [1.54, 1.807) is 0 Å². The van der Waals surface area contributed by atoms with Gasteiger partial charge in [-0.2, -0.15) is 0 Å². The first-order valence-electron chi connectivity index (χ1n) is 4.36. The molecule has 0 bridgehead atoms. The van der Waals surface area contributed by atoms with Crippen LogP contribution in [0.1, 0.15) is 13.3 Å². The summed E-state index contributed by atoms with van der Waals surface area (Å²) < 4.78 is 0. The fraction of sp³-hybridized carbons (Fsp3) is 0.875. The van der Waals surface area contributed by atoms with Crippen molar-refractivity contribution in [2.75, 3.05) is 20.1 Å². The fourth-order valence-corrected chi connectivity index (χ4v) is 1.49. The van der Waals surface area contributed by atoms with Gasteiger partial charge >= 0.3 is 0 Å². The zero-order valence-electron chi connectivity index (χ0n) is 7.71. The zero-order valence-corrected chi connectivity index (χ0v) is 7.71. The number of carbonyl (C=O) groups excluding carboxylic acids is 1. The van der Waals surface area contributed by atoms with Gasteiger partial charge in [-0.05, 0) is 20.4 Å². The lowest BCUT2D eigenvalue weighted by Crippen LogP contribution is -2.49. The van der Waals surface area contributed by atoms with Crippen molar-refractivity contribution in [2.24, 2.45) is 5.73 Å². The summed E-state index contributed by atoms with van der Waals surface area (Å²) in [5, 5.41) is 2.85. The Bertz CT molecular complexity index is 172. The predicted octanol–water partition coefficient (Wildman–Crippen LogP) is -0.846. The molecule has 1 saturated heterocycles. The van der Waals surface area contributed by atoms with E-state index >= 15 is 0 Å². The molecule has 1 rings (SSSR count). The number of amides is 1. The Morgan fingerprint density at radius 3 is 3.00 bits per heavy atom. The molecule has 2 unspecified atom stereocenters. The van der Waals surface area contributed by atoms with Gasteiger partial charge in [-0.25, -0.2) is 0 Å². The molecular formula is C8H17N3O. The standard InChI is InChI=1S/C8H17N3O/c1-6-3-4-10-8(12)7(5-9)11(6)2/h6-7H,3-5,9H2,1-2H3,(H,10,12). The van der Waals surface area contributed by atoms with E-state index in [1.807, 2.05) is 11.9 Å². The molecule has 4 nitrogen and oxygen atoms in total. The van der Waals surface area contributed by atoms with Gasteiger partial charge in [0, 0.05) is 19.1 Å². The van der Waals surface area contributed by atoms with Crippen LogP contribution in [0, 0.1) is 0 Å². The van der Waals surface area contributed by atoms with Crippen LogP contribution in [0.2, 0.25) is 0 Å². The van der Waals surface area contributed by atoms with Crippen LogP contribution in [0.3, 0.4) is 0 Å². The van der Waals surface area contributed by atoms with E-state index in [4.69, 9.17) is 5.73 Å². The predicted molar refractivity (Wildman–Crippen MR) is 47.7 cm³/mol. The minimum atomic E-state index is -0.150. The van der Waals surface area contributed by atoms with E-state index < -0.39 is 0 Å². The molecule has 0 aromatic carbocycles. The Morgan fingerprint density at radius 2 is 2.42 bits per heavy atom. The molecule has 0 aromatic heterocycles. The lowest BCUT2D eigenvalue weighted by atomic mass is 10.2. The molecular weight excluding hydrogens is 154 g/mol. The van der Waals surface area contributed by atoms with Crippen molar-refractivity contribution < 1.29 is 4.79 Å². The molecule has 1 amide bonds. The molecule has 0 aromatic rings. The highest BCUT2D eigenvalue weighted by Crippen LogP contribution is 2.08. The third-order valence-corrected chi connectivity index (χ3v) is 2.57. The highest BCUT2D eigenvalue weighted by atomic mass is 16.2. The number of carbonyl (C=O) groups is 1. The SMILES string of the molecule is CC1CCNC(=O)C(CN)N1C. The van der Waals surface area contributed by atoms with Gasteiger partial charge in [0.05, 0.1) is 0 Å². The summed E-state index contributed by atoms with van der Waals surface area (Å²) in [6.07, 6.45) is 0.999. The van der Waals surface area contributed by atoms with Crippen molar-refractivity contribution in [1.29, 1.82) is 0 Å². The number of likely N-dealkylation sites (N-methyl/N-ethyl adjacent to an activating group) is 1. The zero-order chi connectivity index (χ0) is 9.14. The molecule has 2 atom stereocenters. The van der Waals surface area contributed by atoms with Gasteiger partial charge in [0.25, 0.3) is 0 Å². The minimum absolute atomic E-state index is 0.0596. The van der Waals surface area contributed by atoms with Crippen LogP contribution in [-0.2, 0) is 4.79 Å². The molecule has 0 radical (unpaired) electrons. The van der Waals surface area contributed by atoms with Crippen molar-refractivity contribution in [3.05, 3.63) is 0 Å². The number of hydrogen-bond acceptors (Lipinski definition) is 3. The molecule has 1 aliphatic rings. The number of nitrogens with two attached hydrogens (primary N) is 1. The highest BCUT2D eigenvalue weighted by molar-refractivity contribution is 5.82. The van der Waals surface area contributed by atoms with E-state index in [0.29, 0.717) is 12.6 Å². The smallest absolute Gasteiger partial charge is 0.238 e. The Morgan fingerprint density at radius 1 is 1.75 bits per heavy atom. The molecule has 70 valence electrons. The molecule has 1 aliphatic heterocycles. The quantitative estimate of drug-likeness (QED) is 0.540. The lowest BCUT2D eigenvalue weighted by Gasteiger charge is -2.27. The van der Waals surface area contributed by atoms with Gasteiger partial charge in [0.15, 0.2) is 0 Å². The van der Waals surface area contributed by atoms with Gasteiger partial charge in [0.2, 0.25) is 5.91 Å². The van der Waals surface area contributed by atoms with Crippen LogP contribution in [0.5, 0.6) is 0 Å². The number of nitrogens with zero attached hydrogens (tertiary/aromatic N) is 1. The van der Waals surface area contributed by atoms with Crippen molar-refractivity contribution in [2.45, 2.75) is 25.4 Å². The molecule has 0 saturated carbocycles. The van der Waals surface area contributed by atoms with Crippen LogP contribution in [0.25, 0.3) is 0 Å². The Hall–Kier alpha value is -0.610. The summed E-state index contributed by atoms with van der Waals surface area (Å²) in [5.74, 6) is 0.0596. The van der Waals surface area contributed by atoms with E-state index in [0.717, 1.165) is 13.0 Å². The van der Waals surface area contributed by atoms with Gasteiger partial charge < -0.3 is 11.1 Å². The second-order valence-electron chi connectivity index (χ2n) is 3.35. The summed E-state index contributed by atoms with van der Waals surface area (Å²) in [6.45, 7) is 3.27. The van der Waals surface area contributed by atoms with Crippen LogP contribution < -0.4 is 11.1 Å². The highest BCUT2D eigenvalue weighted by Gasteiger charge is 2.27. The first-order valence-corrected chi connectivity index (χ1v) is 4.36. The van der Waals surface area contributed by atoms with Crippen molar-refractivity contribution in [1.82, 2.24) is 10.2 Å². The van der Waals surface area contributed by atoms with Crippen LogP contribution in [-0.4, -0.2) is 43.0 Å². The van der Waals surface area contributed by atoms with E-state index in [9.17, 15) is 4.79 Å². The van der Waals surface area contributed by atoms with Crippen molar-refractivity contribution >= 4 is 5.91 Å². The second kappa shape index (κ2) is 3.87. The molecule has 0 spiro atoms. The molecule has 0 aliphatic carbocycles. The van der Waals surface area contributed by atoms with Gasteiger partial charge in [0.1, 0.15) is 6.04 Å². The lowest BCUT2D eigenvalue weighted by molar-refractivity contribution is -0.125. The Kier molecular flexibility index (Phi) is 3.05. The third-order valence-electron chi connectivity index (χ3n) is 2.57. The molecule has 4 heteroatoms. The minimum Gasteiger partial charge on any atom is -0.355 e. The van der Waals surface area contributed by atoms with E-state index in [-0.39, 0.29) is 11.9 Å². The van der Waals surface area contributed by atoms with Gasteiger partial charge in [-0.1, -0.05) is 0 Å². The number of rotatable bonds is 1. The molecule has 1 heterocycles. The van der Waals surface area contributed by atoms with Crippen LogP contribution in [0.4, 0.5) is 0 Å². The molecule has 12 heavy (non-hydrogen) atoms. The summed E-state index contributed by atoms with van der Waals surface area (Å²) in [7, 11) is 1.95. The number of hydrogen-bond donors (Lipinski definition) is 2. The Labute approximate surface area is 73.1 Å². The van der Waals surface area contributed by atoms with E-state index in [1.165, 1.54) is 0 Å². The second-order valence-corrected chi connectivity index (χ2v) is 3.35. The number of nitrogens with one attached hydrogen (secondary N) is 1. The summed E-state index contributed by atoms with van der Waals surface area (Å²) in [4.78, 5) is 13.4. The van der Waals surface area contributed by atoms with Crippen LogP contribution in [0.15, 0.2) is 0 Å². The maximum absolute atomic E-state index is 11.4. The normalized spacial score (nSPS) is 32.8. The monoisotopic (exact) mass is 171 g/mol. The first-order chi connectivity index (χ1) is 5.66. The average molecular weight is 171 g/mol. The van der Waals surface area contributed by atoms with Crippen molar-refractivity contribution in [3.8, 4) is 0 Å². The topological polar surface area (TPSA) is 58.4 Å². The Balaban J connectivity index is 2.69. The maximum atomic E-state index is 11.4. The summed E-state index contributed by atoms with van der Waals surface area (Å²) >= 11 is 0. The van der Waals surface area contributed by atoms with E-state index in [2.05, 4.69) is 12.2 Å². The van der Waals surface area contributed by atoms with Gasteiger partial charge in [-0.3, -0.25) is 9.69 Å². The van der Waals surface area contributed by atoms with Crippen LogP contribution >= 0.6 is 0 Å². The third kappa shape index (κ3) is 1.76. The van der Waals surface area contributed by atoms with Gasteiger partial charge in [-0.15, -0.1) is 0 Å². The maximum Gasteiger partial charge on any atom is 0.238 e. The average Bonchev–Trinajstić information content (AvgIpc) is 2.14. The summed E-state index contributed by atoms with van der Waals surface area (Å²) in [5.41, 5.74) is 5.51.